The van der Waals surface area contributed by atoms with E-state index in [-0.39, 0.29) is 24.5 Å². The number of benzene rings is 2. The minimum atomic E-state index is -0.363. The van der Waals surface area contributed by atoms with Crippen molar-refractivity contribution in [2.75, 3.05) is 7.11 Å². The number of methoxy groups -OCH3 is 1. The van der Waals surface area contributed by atoms with Crippen LogP contribution in [0.2, 0.25) is 0 Å². The van der Waals surface area contributed by atoms with E-state index in [2.05, 4.69) is 27.3 Å². The van der Waals surface area contributed by atoms with E-state index < -0.39 is 0 Å². The first-order valence-electron chi connectivity index (χ1n) is 6.69. The number of hydrogen-bond acceptors (Lipinski definition) is 3. The topological polar surface area (TPSA) is 45.0 Å². The van der Waals surface area contributed by atoms with Gasteiger partial charge in [-0.1, -0.05) is 46.3 Å². The van der Waals surface area contributed by atoms with Gasteiger partial charge in [0.1, 0.15) is 11.8 Å². The lowest BCUT2D eigenvalue weighted by molar-refractivity contribution is 0.414. The number of nitrogens with zero attached hydrogens (tertiary/aromatic N) is 1. The van der Waals surface area contributed by atoms with Crippen molar-refractivity contribution >= 4 is 28.3 Å². The molecule has 0 fully saturated rings. The van der Waals surface area contributed by atoms with Crippen LogP contribution in [0.15, 0.2) is 53.0 Å². The van der Waals surface area contributed by atoms with E-state index in [4.69, 9.17) is 4.74 Å². The molecule has 0 heterocycles. The fourth-order valence-electron chi connectivity index (χ4n) is 2.14. The third kappa shape index (κ3) is 4.48. The van der Waals surface area contributed by atoms with Crippen LogP contribution in [0.4, 0.5) is 0 Å². The lowest BCUT2D eigenvalue weighted by Gasteiger charge is -2.20. The molecule has 0 bridgehead atoms. The van der Waals surface area contributed by atoms with Crippen molar-refractivity contribution in [2.24, 2.45) is 0 Å². The molecular formula is C17H18BrClN2O. The number of nitrogens with one attached hydrogen (secondary N) is 1. The second kappa shape index (κ2) is 8.79. The third-order valence-electron chi connectivity index (χ3n) is 3.38. The molecule has 0 spiro atoms. The van der Waals surface area contributed by atoms with Gasteiger partial charge in [-0.05, 0) is 36.2 Å². The fraction of sp³-hybridized carbons (Fsp3) is 0.235. The van der Waals surface area contributed by atoms with Crippen molar-refractivity contribution in [3.05, 3.63) is 64.1 Å². The van der Waals surface area contributed by atoms with Crippen LogP contribution in [0.25, 0.3) is 0 Å². The van der Waals surface area contributed by atoms with Crippen LogP contribution >= 0.6 is 28.3 Å². The minimum Gasteiger partial charge on any atom is -0.497 e. The largest absolute Gasteiger partial charge is 0.497 e. The molecule has 2 atom stereocenters. The lowest BCUT2D eigenvalue weighted by atomic mass is 10.0. The Labute approximate surface area is 145 Å². The summed E-state index contributed by atoms with van der Waals surface area (Å²) in [5.41, 5.74) is 2.06. The van der Waals surface area contributed by atoms with E-state index in [0.717, 1.165) is 21.3 Å². The second-order valence-electron chi connectivity index (χ2n) is 4.75. The molecule has 0 saturated carbocycles. The van der Waals surface area contributed by atoms with E-state index in [0.29, 0.717) is 0 Å². The van der Waals surface area contributed by atoms with Crippen molar-refractivity contribution in [1.29, 1.82) is 5.26 Å². The van der Waals surface area contributed by atoms with E-state index >= 15 is 0 Å². The SMILES string of the molecule is COc1ccc([C@H](C)N[C@H](C#N)c2ccccc2Br)cc1.Cl. The number of nitriles is 1. The van der Waals surface area contributed by atoms with Gasteiger partial charge in [0.25, 0.3) is 0 Å². The zero-order chi connectivity index (χ0) is 15.2. The highest BCUT2D eigenvalue weighted by atomic mass is 79.9. The Hall–Kier alpha value is -1.54. The van der Waals surface area contributed by atoms with Crippen molar-refractivity contribution in [2.45, 2.75) is 19.0 Å². The highest BCUT2D eigenvalue weighted by molar-refractivity contribution is 9.10. The van der Waals surface area contributed by atoms with Gasteiger partial charge in [-0.25, -0.2) is 0 Å². The Morgan fingerprint density at radius 3 is 2.32 bits per heavy atom. The predicted molar refractivity (Wildman–Crippen MR) is 94.3 cm³/mol. The van der Waals surface area contributed by atoms with Crippen LogP contribution in [0.3, 0.4) is 0 Å². The first-order valence-corrected chi connectivity index (χ1v) is 7.49. The summed E-state index contributed by atoms with van der Waals surface area (Å²) in [6.07, 6.45) is 0. The first-order chi connectivity index (χ1) is 10.2. The van der Waals surface area contributed by atoms with Crippen molar-refractivity contribution in [1.82, 2.24) is 5.32 Å². The standard InChI is InChI=1S/C17H17BrN2O.ClH/c1-12(13-7-9-14(21-2)10-8-13)20-17(11-19)15-5-3-4-6-16(15)18;/h3-10,12,17,20H,1-2H3;1H/t12-,17+;/m0./s1. The van der Waals surface area contributed by atoms with Crippen molar-refractivity contribution in [3.8, 4) is 11.8 Å². The van der Waals surface area contributed by atoms with Crippen LogP contribution in [0.1, 0.15) is 30.1 Å². The maximum Gasteiger partial charge on any atom is 0.122 e. The number of ether oxygens (including phenoxy) is 1. The van der Waals surface area contributed by atoms with Gasteiger partial charge in [-0.2, -0.15) is 5.26 Å². The van der Waals surface area contributed by atoms with Gasteiger partial charge in [0, 0.05) is 10.5 Å². The normalized spacial score (nSPS) is 12.6. The molecule has 116 valence electrons. The molecule has 0 aliphatic rings. The van der Waals surface area contributed by atoms with Gasteiger partial charge in [0.15, 0.2) is 0 Å². The molecule has 0 aliphatic carbocycles. The maximum atomic E-state index is 9.43. The molecule has 22 heavy (non-hydrogen) atoms. The van der Waals surface area contributed by atoms with Crippen LogP contribution in [0.5, 0.6) is 5.75 Å². The summed E-state index contributed by atoms with van der Waals surface area (Å²) in [7, 11) is 1.65. The smallest absolute Gasteiger partial charge is 0.122 e. The molecular weight excluding hydrogens is 364 g/mol. The molecule has 5 heteroatoms. The summed E-state index contributed by atoms with van der Waals surface area (Å²) < 4.78 is 6.09. The fourth-order valence-corrected chi connectivity index (χ4v) is 2.66. The first kappa shape index (κ1) is 18.5. The summed E-state index contributed by atoms with van der Waals surface area (Å²) in [4.78, 5) is 0. The summed E-state index contributed by atoms with van der Waals surface area (Å²) >= 11 is 3.50. The maximum absolute atomic E-state index is 9.43. The average Bonchev–Trinajstić information content (AvgIpc) is 2.53. The van der Waals surface area contributed by atoms with E-state index in [1.165, 1.54) is 0 Å². The Morgan fingerprint density at radius 1 is 1.14 bits per heavy atom. The minimum absolute atomic E-state index is 0. The monoisotopic (exact) mass is 380 g/mol. The van der Waals surface area contributed by atoms with Gasteiger partial charge in [0.2, 0.25) is 0 Å². The van der Waals surface area contributed by atoms with Gasteiger partial charge in [0.05, 0.1) is 13.2 Å². The molecule has 0 amide bonds. The Morgan fingerprint density at radius 2 is 1.77 bits per heavy atom. The molecule has 2 aromatic carbocycles. The molecule has 0 radical (unpaired) electrons. The molecule has 2 aromatic rings. The summed E-state index contributed by atoms with van der Waals surface area (Å²) in [6.45, 7) is 2.04. The van der Waals surface area contributed by atoms with Gasteiger partial charge in [-0.15, -0.1) is 12.4 Å². The predicted octanol–water partition coefficient (Wildman–Crippen LogP) is 4.79. The van der Waals surface area contributed by atoms with E-state index in [1.807, 2.05) is 55.5 Å². The number of halogens is 2. The molecule has 0 aromatic heterocycles. The molecule has 0 aliphatic heterocycles. The van der Waals surface area contributed by atoms with Crippen LogP contribution < -0.4 is 10.1 Å². The lowest BCUT2D eigenvalue weighted by Crippen LogP contribution is -2.23. The van der Waals surface area contributed by atoms with Crippen molar-refractivity contribution < 1.29 is 4.74 Å². The van der Waals surface area contributed by atoms with Gasteiger partial charge < -0.3 is 4.74 Å². The number of rotatable bonds is 5. The van der Waals surface area contributed by atoms with Crippen LogP contribution in [-0.2, 0) is 0 Å². The molecule has 0 saturated heterocycles. The third-order valence-corrected chi connectivity index (χ3v) is 4.10. The highest BCUT2D eigenvalue weighted by Crippen LogP contribution is 2.26. The van der Waals surface area contributed by atoms with E-state index in [1.54, 1.807) is 7.11 Å². The Balaban J connectivity index is 0.00000242. The summed E-state index contributed by atoms with van der Waals surface area (Å²) in [5.74, 6) is 0.827. The number of hydrogen-bond donors (Lipinski definition) is 1. The Kier molecular flexibility index (Phi) is 7.40. The second-order valence-corrected chi connectivity index (χ2v) is 5.60. The highest BCUT2D eigenvalue weighted by Gasteiger charge is 2.16. The van der Waals surface area contributed by atoms with Crippen LogP contribution in [0, 0.1) is 11.3 Å². The average molecular weight is 382 g/mol. The van der Waals surface area contributed by atoms with Gasteiger partial charge >= 0.3 is 0 Å². The van der Waals surface area contributed by atoms with Crippen molar-refractivity contribution in [3.63, 3.8) is 0 Å². The summed E-state index contributed by atoms with van der Waals surface area (Å²) in [6, 6.07) is 17.6. The Bertz CT molecular complexity index is 640. The van der Waals surface area contributed by atoms with Gasteiger partial charge in [-0.3, -0.25) is 5.32 Å². The molecule has 0 unspecified atom stereocenters. The zero-order valence-electron chi connectivity index (χ0n) is 12.4. The molecule has 2 rings (SSSR count). The summed E-state index contributed by atoms with van der Waals surface area (Å²) in [5, 5.41) is 12.8. The van der Waals surface area contributed by atoms with E-state index in [9.17, 15) is 5.26 Å². The molecule has 3 nitrogen and oxygen atoms in total. The quantitative estimate of drug-likeness (QED) is 0.809. The van der Waals surface area contributed by atoms with Crippen LogP contribution in [-0.4, -0.2) is 7.11 Å². The molecule has 1 N–H and O–H groups in total. The zero-order valence-corrected chi connectivity index (χ0v) is 14.8.